The second-order valence-corrected chi connectivity index (χ2v) is 5.85. The van der Waals surface area contributed by atoms with Crippen molar-refractivity contribution in [3.05, 3.63) is 65.9 Å². The van der Waals surface area contributed by atoms with Gasteiger partial charge in [0.1, 0.15) is 0 Å². The summed E-state index contributed by atoms with van der Waals surface area (Å²) in [6.45, 7) is 0. The Balaban J connectivity index is 1.80. The van der Waals surface area contributed by atoms with E-state index in [1.807, 2.05) is 48.5 Å². The highest BCUT2D eigenvalue weighted by molar-refractivity contribution is 5.92. The van der Waals surface area contributed by atoms with Crippen LogP contribution in [0.1, 0.15) is 24.3 Å². The Morgan fingerprint density at radius 2 is 1.71 bits per heavy atom. The SMILES string of the molecule is COc1ccc([C@@H]2CC(=O)C=C(Nc3ccccc3)C2)cc1OC. The molecule has 1 atom stereocenters. The van der Waals surface area contributed by atoms with E-state index in [1.165, 1.54) is 0 Å². The van der Waals surface area contributed by atoms with Crippen LogP contribution in [0.3, 0.4) is 0 Å². The molecule has 0 fully saturated rings. The minimum Gasteiger partial charge on any atom is -0.493 e. The Hall–Kier alpha value is -2.75. The standard InChI is InChI=1S/C20H21NO3/c1-23-19-9-8-14(12-20(19)24-2)15-10-17(13-18(22)11-15)21-16-6-4-3-5-7-16/h3-9,12-13,15,21H,10-11H2,1-2H3/t15-/m0/s1. The van der Waals surface area contributed by atoms with E-state index in [1.54, 1.807) is 20.3 Å². The molecular weight excluding hydrogens is 302 g/mol. The molecule has 0 spiro atoms. The van der Waals surface area contributed by atoms with Crippen molar-refractivity contribution in [1.29, 1.82) is 0 Å². The first-order valence-corrected chi connectivity index (χ1v) is 7.97. The van der Waals surface area contributed by atoms with E-state index < -0.39 is 0 Å². The third-order valence-electron chi connectivity index (χ3n) is 4.21. The van der Waals surface area contributed by atoms with Gasteiger partial charge in [0.25, 0.3) is 0 Å². The van der Waals surface area contributed by atoms with Gasteiger partial charge in [-0.15, -0.1) is 0 Å². The molecule has 0 saturated heterocycles. The molecule has 4 nitrogen and oxygen atoms in total. The summed E-state index contributed by atoms with van der Waals surface area (Å²) in [7, 11) is 3.24. The lowest BCUT2D eigenvalue weighted by atomic mass is 9.85. The lowest BCUT2D eigenvalue weighted by Gasteiger charge is -2.24. The molecule has 3 rings (SSSR count). The van der Waals surface area contributed by atoms with E-state index in [2.05, 4.69) is 5.32 Å². The molecule has 1 aliphatic rings. The molecule has 0 unspecified atom stereocenters. The zero-order valence-corrected chi connectivity index (χ0v) is 13.9. The Bertz CT molecular complexity index is 753. The molecule has 0 aromatic heterocycles. The third kappa shape index (κ3) is 3.59. The zero-order chi connectivity index (χ0) is 16.9. The van der Waals surface area contributed by atoms with Crippen LogP contribution in [0.5, 0.6) is 11.5 Å². The van der Waals surface area contributed by atoms with Gasteiger partial charge in [-0.2, -0.15) is 0 Å². The first-order valence-electron chi connectivity index (χ1n) is 7.97. The van der Waals surface area contributed by atoms with Gasteiger partial charge in [-0.05, 0) is 42.2 Å². The number of ketones is 1. The number of nitrogens with one attached hydrogen (secondary N) is 1. The summed E-state index contributed by atoms with van der Waals surface area (Å²) in [6, 6.07) is 15.8. The molecule has 2 aromatic rings. The topological polar surface area (TPSA) is 47.6 Å². The van der Waals surface area contributed by atoms with Gasteiger partial charge >= 0.3 is 0 Å². The Morgan fingerprint density at radius 3 is 2.42 bits per heavy atom. The summed E-state index contributed by atoms with van der Waals surface area (Å²) in [5.41, 5.74) is 3.02. The molecule has 0 amide bonds. The van der Waals surface area contributed by atoms with Gasteiger partial charge < -0.3 is 14.8 Å². The summed E-state index contributed by atoms with van der Waals surface area (Å²) >= 11 is 0. The van der Waals surface area contributed by atoms with Crippen molar-refractivity contribution in [3.8, 4) is 11.5 Å². The summed E-state index contributed by atoms with van der Waals surface area (Å²) < 4.78 is 10.7. The van der Waals surface area contributed by atoms with E-state index in [0.717, 1.165) is 23.4 Å². The van der Waals surface area contributed by atoms with E-state index in [9.17, 15) is 4.79 Å². The highest BCUT2D eigenvalue weighted by Crippen LogP contribution is 2.36. The van der Waals surface area contributed by atoms with Gasteiger partial charge in [0.05, 0.1) is 14.2 Å². The molecule has 0 saturated carbocycles. The van der Waals surface area contributed by atoms with E-state index in [0.29, 0.717) is 17.9 Å². The predicted octanol–water partition coefficient (Wildman–Crippen LogP) is 4.15. The largest absolute Gasteiger partial charge is 0.493 e. The number of anilines is 1. The number of allylic oxidation sites excluding steroid dienone is 2. The van der Waals surface area contributed by atoms with Crippen molar-refractivity contribution in [3.63, 3.8) is 0 Å². The fraction of sp³-hybridized carbons (Fsp3) is 0.250. The zero-order valence-electron chi connectivity index (χ0n) is 13.9. The number of carbonyl (C=O) groups excluding carboxylic acids is 1. The molecule has 1 aliphatic carbocycles. The molecular formula is C20H21NO3. The summed E-state index contributed by atoms with van der Waals surface area (Å²) in [5.74, 6) is 1.66. The molecule has 2 aromatic carbocycles. The quantitative estimate of drug-likeness (QED) is 0.898. The van der Waals surface area contributed by atoms with Crippen molar-refractivity contribution in [2.24, 2.45) is 0 Å². The van der Waals surface area contributed by atoms with Gasteiger partial charge in [0.15, 0.2) is 17.3 Å². The fourth-order valence-corrected chi connectivity index (χ4v) is 3.03. The molecule has 0 aliphatic heterocycles. The average molecular weight is 323 g/mol. The summed E-state index contributed by atoms with van der Waals surface area (Å²) in [5, 5.41) is 3.35. The third-order valence-corrected chi connectivity index (χ3v) is 4.21. The number of ether oxygens (including phenoxy) is 2. The van der Waals surface area contributed by atoms with Crippen molar-refractivity contribution >= 4 is 11.5 Å². The maximum atomic E-state index is 12.2. The minimum absolute atomic E-state index is 0.133. The van der Waals surface area contributed by atoms with Crippen LogP contribution in [0.4, 0.5) is 5.69 Å². The Morgan fingerprint density at radius 1 is 0.958 bits per heavy atom. The molecule has 1 N–H and O–H groups in total. The predicted molar refractivity (Wildman–Crippen MR) is 94.7 cm³/mol. The highest BCUT2D eigenvalue weighted by atomic mass is 16.5. The second-order valence-electron chi connectivity index (χ2n) is 5.85. The van der Waals surface area contributed by atoms with Gasteiger partial charge in [-0.25, -0.2) is 0 Å². The lowest BCUT2D eigenvalue weighted by molar-refractivity contribution is -0.115. The summed E-state index contributed by atoms with van der Waals surface area (Å²) in [4.78, 5) is 12.2. The Labute approximate surface area is 142 Å². The van der Waals surface area contributed by atoms with E-state index >= 15 is 0 Å². The number of carbonyl (C=O) groups is 1. The number of benzene rings is 2. The first kappa shape index (κ1) is 16.1. The van der Waals surface area contributed by atoms with Crippen LogP contribution in [0, 0.1) is 0 Å². The molecule has 4 heteroatoms. The van der Waals surface area contributed by atoms with Gasteiger partial charge in [0.2, 0.25) is 0 Å². The molecule has 0 heterocycles. The monoisotopic (exact) mass is 323 g/mol. The smallest absolute Gasteiger partial charge is 0.160 e. The average Bonchev–Trinajstić information content (AvgIpc) is 2.61. The fourth-order valence-electron chi connectivity index (χ4n) is 3.03. The van der Waals surface area contributed by atoms with Crippen LogP contribution in [-0.2, 0) is 4.79 Å². The summed E-state index contributed by atoms with van der Waals surface area (Å²) in [6.07, 6.45) is 3.01. The number of rotatable bonds is 5. The molecule has 124 valence electrons. The second kappa shape index (κ2) is 7.21. The number of methoxy groups -OCH3 is 2. The maximum Gasteiger partial charge on any atom is 0.160 e. The molecule has 0 radical (unpaired) electrons. The van der Waals surface area contributed by atoms with Crippen molar-refractivity contribution in [2.45, 2.75) is 18.8 Å². The first-order chi connectivity index (χ1) is 11.7. The van der Waals surface area contributed by atoms with Crippen LogP contribution >= 0.6 is 0 Å². The van der Waals surface area contributed by atoms with Crippen LogP contribution in [0.15, 0.2) is 60.3 Å². The van der Waals surface area contributed by atoms with Crippen LogP contribution in [0.2, 0.25) is 0 Å². The van der Waals surface area contributed by atoms with Crippen LogP contribution in [0.25, 0.3) is 0 Å². The lowest BCUT2D eigenvalue weighted by Crippen LogP contribution is -2.16. The van der Waals surface area contributed by atoms with Gasteiger partial charge in [0, 0.05) is 23.9 Å². The highest BCUT2D eigenvalue weighted by Gasteiger charge is 2.23. The molecule has 24 heavy (non-hydrogen) atoms. The van der Waals surface area contributed by atoms with E-state index in [-0.39, 0.29) is 11.7 Å². The Kier molecular flexibility index (Phi) is 4.85. The molecule has 0 bridgehead atoms. The number of para-hydroxylation sites is 1. The van der Waals surface area contributed by atoms with Gasteiger partial charge in [-0.1, -0.05) is 24.3 Å². The van der Waals surface area contributed by atoms with Crippen molar-refractivity contribution in [2.75, 3.05) is 19.5 Å². The van der Waals surface area contributed by atoms with Gasteiger partial charge in [-0.3, -0.25) is 4.79 Å². The van der Waals surface area contributed by atoms with Crippen molar-refractivity contribution < 1.29 is 14.3 Å². The number of hydrogen-bond acceptors (Lipinski definition) is 4. The number of hydrogen-bond donors (Lipinski definition) is 1. The van der Waals surface area contributed by atoms with Crippen LogP contribution < -0.4 is 14.8 Å². The van der Waals surface area contributed by atoms with E-state index in [4.69, 9.17) is 9.47 Å². The van der Waals surface area contributed by atoms with Crippen molar-refractivity contribution in [1.82, 2.24) is 0 Å². The maximum absolute atomic E-state index is 12.2. The normalized spacial score (nSPS) is 17.2. The minimum atomic E-state index is 0.133. The van der Waals surface area contributed by atoms with Crippen LogP contribution in [-0.4, -0.2) is 20.0 Å².